The Hall–Kier alpha value is 0.350. The Morgan fingerprint density at radius 3 is 0.740 bits per heavy atom. The van der Waals surface area contributed by atoms with Gasteiger partial charge in [0.1, 0.15) is 0 Å². The van der Waals surface area contributed by atoms with Gasteiger partial charge >= 0.3 is 80.8 Å². The van der Waals surface area contributed by atoms with E-state index in [1.54, 1.807) is 0 Å². The quantitative estimate of drug-likeness (QED) is 0.0189. The molecule has 0 heterocycles. The van der Waals surface area contributed by atoms with Gasteiger partial charge in [0, 0.05) is 39.1 Å². The van der Waals surface area contributed by atoms with Crippen LogP contribution in [0.3, 0.4) is 0 Å². The summed E-state index contributed by atoms with van der Waals surface area (Å²) in [6.45, 7) is 8.65. The Kier molecular flexibility index (Phi) is 83.2. The Morgan fingerprint density at radius 2 is 0.510 bits per heavy atom. The van der Waals surface area contributed by atoms with E-state index in [-0.39, 0.29) is 127 Å². The van der Waals surface area contributed by atoms with Crippen LogP contribution in [0.5, 0.6) is 0 Å². The maximum Gasteiger partial charge on any atom is 1.00 e. The number of hydrogen-bond acceptors (Lipinski definition) is 11. The average Bonchev–Trinajstić information content (AvgIpc) is 1.05. The molecule has 0 aromatic carbocycles. The normalized spacial score (nSPS) is 13.3. The largest absolute Gasteiger partial charge is 1.00 e. The summed E-state index contributed by atoms with van der Waals surface area (Å²) in [7, 11) is -9.17. The number of urea groups is 1. The maximum atomic E-state index is 13.0. The van der Waals surface area contributed by atoms with Gasteiger partial charge in [-0.3, -0.25) is 27.7 Å². The van der Waals surface area contributed by atoms with Crippen molar-refractivity contribution in [3.05, 3.63) is 0 Å². The van der Waals surface area contributed by atoms with E-state index in [4.69, 9.17) is 27.6 Å². The maximum absolute atomic E-state index is 13.0. The van der Waals surface area contributed by atoms with Gasteiger partial charge in [-0.2, -0.15) is 0 Å². The summed E-state index contributed by atoms with van der Waals surface area (Å²) >= 11 is 0. The van der Waals surface area contributed by atoms with Gasteiger partial charge in [-0.15, -0.1) is 0 Å². The van der Waals surface area contributed by atoms with Crippen LogP contribution in [0.1, 0.15) is 390 Å². The molecule has 0 saturated carbocycles. The first-order valence-electron chi connectivity index (χ1n) is 39.9. The molecule has 0 bridgehead atoms. The molecule has 564 valence electrons. The first kappa shape index (κ1) is 101. The third-order valence-corrected chi connectivity index (χ3v) is 19.8. The summed E-state index contributed by atoms with van der Waals surface area (Å²) in [6, 6.07) is -1.99. The van der Waals surface area contributed by atoms with Gasteiger partial charge in [0.15, 0.2) is 0 Å². The monoisotopic (exact) mass is 1430 g/mol. The molecule has 0 spiro atoms. The van der Waals surface area contributed by atoms with E-state index in [2.05, 4.69) is 49.0 Å². The van der Waals surface area contributed by atoms with Crippen molar-refractivity contribution in [1.82, 2.24) is 21.3 Å². The SMILES string of the molecule is CCCCCCCCCCCCCCCCCCOC[C@H](COP(=O)(O)OCCNC(=O)NCCOP(=O)(O)OC[C@H](COCCCCCCCCCCCCCCCCCC)NC(=O)CCCCCCCCCCCCC)NC(=O)CCCCCCCCCCCCC.[H-].[H-].[Na+].[Na+]. The van der Waals surface area contributed by atoms with Crippen LogP contribution in [0.25, 0.3) is 0 Å². The third kappa shape index (κ3) is 78.5. The molecule has 0 saturated heterocycles. The molecular formula is C75H154N4Na2O13P2. The van der Waals surface area contributed by atoms with Crippen molar-refractivity contribution in [2.45, 2.75) is 399 Å². The summed E-state index contributed by atoms with van der Waals surface area (Å²) in [5, 5.41) is 10.9. The molecule has 0 radical (unpaired) electrons. The first-order valence-corrected chi connectivity index (χ1v) is 42.9. The molecule has 2 unspecified atom stereocenters. The Morgan fingerprint density at radius 1 is 0.302 bits per heavy atom. The number of hydrogen-bond donors (Lipinski definition) is 6. The number of phosphoric acid groups is 2. The zero-order valence-corrected chi connectivity index (χ0v) is 69.4. The molecule has 0 aliphatic carbocycles. The van der Waals surface area contributed by atoms with Crippen LogP contribution in [0.2, 0.25) is 0 Å². The van der Waals surface area contributed by atoms with Gasteiger partial charge < -0.3 is 43.4 Å². The van der Waals surface area contributed by atoms with E-state index in [0.29, 0.717) is 26.1 Å². The van der Waals surface area contributed by atoms with E-state index in [9.17, 15) is 33.3 Å². The zero-order valence-electron chi connectivity index (χ0n) is 65.6. The molecular weight excluding hydrogens is 1270 g/mol. The molecule has 96 heavy (non-hydrogen) atoms. The van der Waals surface area contributed by atoms with Crippen LogP contribution in [0.4, 0.5) is 4.79 Å². The Balaban J connectivity index is -0.00000721. The standard InChI is InChI=1S/C75H152N4O13P2.2Na.2H/c1-5-9-13-17-21-25-29-31-33-35-37-41-45-49-53-57-63-87-67-71(78-73(80)59-55-51-47-43-39-27-23-19-15-11-7-3)69-91-93(83,84)89-65-61-76-75(82)77-62-66-90-94(85,86)92-70-72(79-74(81)60-56-52-48-44-40-28-24-20-16-12-8-4)68-88-64-58-54-50-46-42-38-36-34-32-30-26-22-18-14-10-6-2;;;;/h71-72H,5-70H2,1-4H3,(H,78,80)(H,79,81)(H,83,84)(H,85,86)(H2,76,77,82);;;;/q;2*+1;2*-1/t71-,72+;;;;. The van der Waals surface area contributed by atoms with Gasteiger partial charge in [-0.05, 0) is 25.7 Å². The number of rotatable bonds is 78. The predicted molar refractivity (Wildman–Crippen MR) is 394 cm³/mol. The summed E-state index contributed by atoms with van der Waals surface area (Å²) < 4.78 is 58.8. The minimum atomic E-state index is -4.58. The molecule has 4 amide bonds. The van der Waals surface area contributed by atoms with Crippen molar-refractivity contribution >= 4 is 33.5 Å². The second kappa shape index (κ2) is 79.5. The summed E-state index contributed by atoms with van der Waals surface area (Å²) in [6.07, 6.45) is 67.7. The van der Waals surface area contributed by atoms with Gasteiger partial charge in [0.2, 0.25) is 11.8 Å². The van der Waals surface area contributed by atoms with E-state index in [1.807, 2.05) is 0 Å². The van der Waals surface area contributed by atoms with Crippen LogP contribution < -0.4 is 80.4 Å². The summed E-state index contributed by atoms with van der Waals surface area (Å²) in [5.74, 6) is -0.316. The number of nitrogens with one attached hydrogen (secondary N) is 4. The number of carbonyl (C=O) groups excluding carboxylic acids is 3. The third-order valence-electron chi connectivity index (χ3n) is 17.8. The van der Waals surface area contributed by atoms with E-state index < -0.39 is 33.8 Å². The fourth-order valence-electron chi connectivity index (χ4n) is 11.9. The van der Waals surface area contributed by atoms with Gasteiger partial charge in [-0.1, -0.05) is 349 Å². The number of unbranched alkanes of at least 4 members (excludes halogenated alkanes) is 50. The van der Waals surface area contributed by atoms with Gasteiger partial charge in [0.25, 0.3) is 0 Å². The van der Waals surface area contributed by atoms with E-state index >= 15 is 0 Å². The molecule has 21 heteroatoms. The number of carbonyl (C=O) groups is 3. The zero-order chi connectivity index (χ0) is 68.6. The van der Waals surface area contributed by atoms with Crippen molar-refractivity contribution in [2.75, 3.05) is 65.9 Å². The van der Waals surface area contributed by atoms with Crippen LogP contribution in [0.15, 0.2) is 0 Å². The van der Waals surface area contributed by atoms with Crippen LogP contribution in [0, 0.1) is 0 Å². The Labute approximate surface area is 638 Å². The number of amides is 4. The molecule has 6 N–H and O–H groups in total. The molecule has 0 rings (SSSR count). The van der Waals surface area contributed by atoms with E-state index in [0.717, 1.165) is 77.0 Å². The Bertz CT molecular complexity index is 1630. The van der Waals surface area contributed by atoms with E-state index in [1.165, 1.54) is 270 Å². The molecule has 0 aliphatic heterocycles. The smallest absolute Gasteiger partial charge is 1.00 e. The number of ether oxygens (including phenoxy) is 2. The fraction of sp³-hybridized carbons (Fsp3) is 0.960. The summed E-state index contributed by atoms with van der Waals surface area (Å²) in [5.41, 5.74) is 0. The second-order valence-corrected chi connectivity index (χ2v) is 30.1. The predicted octanol–water partition coefficient (Wildman–Crippen LogP) is 15.7. The van der Waals surface area contributed by atoms with Gasteiger partial charge in [-0.25, -0.2) is 13.9 Å². The summed E-state index contributed by atoms with van der Waals surface area (Å²) in [4.78, 5) is 59.7. The molecule has 17 nitrogen and oxygen atoms in total. The van der Waals surface area contributed by atoms with Gasteiger partial charge in [0.05, 0.1) is 51.7 Å². The number of phosphoric ester groups is 2. The van der Waals surface area contributed by atoms with Crippen molar-refractivity contribution in [3.63, 3.8) is 0 Å². The van der Waals surface area contributed by atoms with Crippen LogP contribution >= 0.6 is 15.6 Å². The van der Waals surface area contributed by atoms with Crippen LogP contribution in [-0.4, -0.2) is 106 Å². The van der Waals surface area contributed by atoms with Crippen molar-refractivity contribution < 1.29 is 123 Å². The topological polar surface area (TPSA) is 229 Å². The molecule has 0 aromatic heterocycles. The van der Waals surface area contributed by atoms with Crippen molar-refractivity contribution in [3.8, 4) is 0 Å². The minimum absolute atomic E-state index is 0. The molecule has 4 atom stereocenters. The average molecular weight is 1430 g/mol. The van der Waals surface area contributed by atoms with Crippen molar-refractivity contribution in [1.29, 1.82) is 0 Å². The minimum Gasteiger partial charge on any atom is -1.00 e. The van der Waals surface area contributed by atoms with Crippen molar-refractivity contribution in [2.24, 2.45) is 0 Å². The molecule has 0 aliphatic rings. The molecule has 0 aromatic rings. The van der Waals surface area contributed by atoms with Crippen LogP contribution in [-0.2, 0) is 46.3 Å². The second-order valence-electron chi connectivity index (χ2n) is 27.2. The fourth-order valence-corrected chi connectivity index (χ4v) is 13.4. The first-order chi connectivity index (χ1) is 45.9. The molecule has 0 fully saturated rings.